The van der Waals surface area contributed by atoms with Gasteiger partial charge in [-0.1, -0.05) is 0 Å². The Bertz CT molecular complexity index is 464. The fourth-order valence-corrected chi connectivity index (χ4v) is 1.83. The molecule has 0 radical (unpaired) electrons. The molecule has 0 unspecified atom stereocenters. The lowest BCUT2D eigenvalue weighted by Gasteiger charge is -2.00. The molecule has 0 aromatic carbocycles. The first kappa shape index (κ1) is 10.6. The number of carbonyl (C=O) groups excluding carboxylic acids is 1. The van der Waals surface area contributed by atoms with Gasteiger partial charge in [0.05, 0.1) is 5.01 Å². The predicted octanol–water partition coefficient (Wildman–Crippen LogP) is 0.421. The number of thiazole rings is 1. The summed E-state index contributed by atoms with van der Waals surface area (Å²) in [5.74, 6) is 0.103. The van der Waals surface area contributed by atoms with Crippen molar-refractivity contribution in [2.45, 2.75) is 6.42 Å². The van der Waals surface area contributed by atoms with Crippen molar-refractivity contribution in [1.82, 2.24) is 20.5 Å². The lowest BCUT2D eigenvalue weighted by molar-refractivity contribution is 0.0949. The Morgan fingerprint density at radius 1 is 1.62 bits per heavy atom. The minimum Gasteiger partial charge on any atom is -0.382 e. The third-order valence-corrected chi connectivity index (χ3v) is 2.79. The number of aromatic nitrogens is 3. The molecule has 2 heterocycles. The van der Waals surface area contributed by atoms with E-state index in [1.807, 2.05) is 5.38 Å². The van der Waals surface area contributed by atoms with Crippen LogP contribution in [0, 0.1) is 0 Å². The van der Waals surface area contributed by atoms with Crippen molar-refractivity contribution in [1.29, 1.82) is 0 Å². The highest BCUT2D eigenvalue weighted by atomic mass is 32.1. The maximum atomic E-state index is 11.5. The second-order valence-electron chi connectivity index (χ2n) is 3.14. The zero-order valence-electron chi connectivity index (χ0n) is 8.43. The Kier molecular flexibility index (Phi) is 3.16. The smallest absolute Gasteiger partial charge is 0.269 e. The third kappa shape index (κ3) is 2.57. The first-order valence-corrected chi connectivity index (χ1v) is 5.61. The van der Waals surface area contributed by atoms with Crippen molar-refractivity contribution in [3.8, 4) is 0 Å². The molecule has 0 saturated carbocycles. The van der Waals surface area contributed by atoms with Crippen LogP contribution in [0.1, 0.15) is 15.5 Å². The van der Waals surface area contributed by atoms with Crippen LogP contribution in [0.4, 0.5) is 5.82 Å². The van der Waals surface area contributed by atoms with Crippen LogP contribution in [0.15, 0.2) is 17.6 Å². The van der Waals surface area contributed by atoms with Gasteiger partial charge < -0.3 is 11.1 Å². The van der Waals surface area contributed by atoms with E-state index < -0.39 is 0 Å². The summed E-state index contributed by atoms with van der Waals surface area (Å²) >= 11 is 1.57. The summed E-state index contributed by atoms with van der Waals surface area (Å²) in [6, 6.07) is 1.50. The second-order valence-corrected chi connectivity index (χ2v) is 4.12. The van der Waals surface area contributed by atoms with E-state index in [0.29, 0.717) is 18.1 Å². The second kappa shape index (κ2) is 4.75. The van der Waals surface area contributed by atoms with Crippen LogP contribution in [0.25, 0.3) is 0 Å². The Morgan fingerprint density at radius 2 is 2.50 bits per heavy atom. The van der Waals surface area contributed by atoms with Gasteiger partial charge in [0.15, 0.2) is 0 Å². The summed E-state index contributed by atoms with van der Waals surface area (Å²) in [5.41, 5.74) is 5.76. The maximum Gasteiger partial charge on any atom is 0.269 e. The standard InChI is InChI=1S/C9H11N5OS/c10-7-5-6(13-14-7)9(15)12-2-1-8-11-3-4-16-8/h3-5H,1-2H2,(H,12,15)(H3,10,13,14). The molecule has 0 fully saturated rings. The molecule has 0 saturated heterocycles. The molecule has 16 heavy (non-hydrogen) atoms. The molecule has 84 valence electrons. The quantitative estimate of drug-likeness (QED) is 0.718. The van der Waals surface area contributed by atoms with E-state index in [2.05, 4.69) is 20.5 Å². The number of nitrogen functional groups attached to an aromatic ring is 1. The number of nitrogens with two attached hydrogens (primary N) is 1. The Balaban J connectivity index is 1.80. The first-order chi connectivity index (χ1) is 7.75. The number of hydrogen-bond acceptors (Lipinski definition) is 5. The molecule has 0 spiro atoms. The number of amides is 1. The minimum atomic E-state index is -0.208. The summed E-state index contributed by atoms with van der Waals surface area (Å²) in [5, 5.41) is 11.9. The predicted molar refractivity (Wildman–Crippen MR) is 61.2 cm³/mol. The molecule has 0 aliphatic carbocycles. The summed E-state index contributed by atoms with van der Waals surface area (Å²) < 4.78 is 0. The summed E-state index contributed by atoms with van der Waals surface area (Å²) in [6.45, 7) is 0.547. The molecular weight excluding hydrogens is 226 g/mol. The van der Waals surface area contributed by atoms with Gasteiger partial charge in [0.2, 0.25) is 0 Å². The van der Waals surface area contributed by atoms with Crippen LogP contribution in [-0.2, 0) is 6.42 Å². The van der Waals surface area contributed by atoms with Gasteiger partial charge in [0.1, 0.15) is 11.5 Å². The van der Waals surface area contributed by atoms with E-state index in [1.54, 1.807) is 17.5 Å². The van der Waals surface area contributed by atoms with Crippen LogP contribution in [0.2, 0.25) is 0 Å². The van der Waals surface area contributed by atoms with Gasteiger partial charge in [-0.3, -0.25) is 9.89 Å². The van der Waals surface area contributed by atoms with Crippen LogP contribution >= 0.6 is 11.3 Å². The maximum absolute atomic E-state index is 11.5. The SMILES string of the molecule is Nc1cc(C(=O)NCCc2nccs2)[nH]n1. The highest BCUT2D eigenvalue weighted by Crippen LogP contribution is 2.04. The normalized spacial score (nSPS) is 10.2. The van der Waals surface area contributed by atoms with Crippen molar-refractivity contribution in [2.24, 2.45) is 0 Å². The lowest BCUT2D eigenvalue weighted by Crippen LogP contribution is -2.25. The lowest BCUT2D eigenvalue weighted by atomic mass is 10.3. The van der Waals surface area contributed by atoms with Gasteiger partial charge in [0.25, 0.3) is 5.91 Å². The molecule has 0 aliphatic heterocycles. The summed E-state index contributed by atoms with van der Waals surface area (Å²) in [4.78, 5) is 15.6. The zero-order chi connectivity index (χ0) is 11.4. The van der Waals surface area contributed by atoms with E-state index in [-0.39, 0.29) is 5.91 Å². The topological polar surface area (TPSA) is 96.7 Å². The third-order valence-electron chi connectivity index (χ3n) is 1.95. The fourth-order valence-electron chi connectivity index (χ4n) is 1.21. The first-order valence-electron chi connectivity index (χ1n) is 4.73. The van der Waals surface area contributed by atoms with E-state index in [1.165, 1.54) is 6.07 Å². The Labute approximate surface area is 95.9 Å². The molecular formula is C9H11N5OS. The van der Waals surface area contributed by atoms with Crippen LogP contribution in [0.3, 0.4) is 0 Å². The Hall–Kier alpha value is -1.89. The van der Waals surface area contributed by atoms with Gasteiger partial charge in [-0.15, -0.1) is 11.3 Å². The average molecular weight is 237 g/mol. The van der Waals surface area contributed by atoms with Gasteiger partial charge >= 0.3 is 0 Å². The number of aromatic amines is 1. The molecule has 0 atom stereocenters. The highest BCUT2D eigenvalue weighted by Gasteiger charge is 2.07. The molecule has 7 heteroatoms. The number of nitrogens with zero attached hydrogens (tertiary/aromatic N) is 2. The van der Waals surface area contributed by atoms with E-state index in [9.17, 15) is 4.79 Å². The Morgan fingerprint density at radius 3 is 3.12 bits per heavy atom. The highest BCUT2D eigenvalue weighted by molar-refractivity contribution is 7.09. The zero-order valence-corrected chi connectivity index (χ0v) is 9.25. The van der Waals surface area contributed by atoms with Crippen molar-refractivity contribution < 1.29 is 4.79 Å². The number of hydrogen-bond donors (Lipinski definition) is 3. The average Bonchev–Trinajstić information content (AvgIpc) is 2.89. The van der Waals surface area contributed by atoms with Crippen molar-refractivity contribution >= 4 is 23.1 Å². The largest absolute Gasteiger partial charge is 0.382 e. The summed E-state index contributed by atoms with van der Waals surface area (Å²) in [7, 11) is 0. The van der Waals surface area contributed by atoms with Crippen LogP contribution < -0.4 is 11.1 Å². The van der Waals surface area contributed by atoms with Gasteiger partial charge in [-0.05, 0) is 0 Å². The van der Waals surface area contributed by atoms with E-state index >= 15 is 0 Å². The van der Waals surface area contributed by atoms with Crippen molar-refractivity contribution in [2.75, 3.05) is 12.3 Å². The van der Waals surface area contributed by atoms with Gasteiger partial charge in [-0.2, -0.15) is 5.10 Å². The molecule has 2 rings (SSSR count). The van der Waals surface area contributed by atoms with Crippen LogP contribution in [0.5, 0.6) is 0 Å². The molecule has 0 aliphatic rings. The molecule has 0 bridgehead atoms. The van der Waals surface area contributed by atoms with Gasteiger partial charge in [-0.25, -0.2) is 4.98 Å². The van der Waals surface area contributed by atoms with E-state index in [4.69, 9.17) is 5.73 Å². The molecule has 2 aromatic heterocycles. The summed E-state index contributed by atoms with van der Waals surface area (Å²) in [6.07, 6.45) is 2.48. The van der Waals surface area contributed by atoms with Crippen molar-refractivity contribution in [3.05, 3.63) is 28.3 Å². The molecule has 1 amide bonds. The number of nitrogens with one attached hydrogen (secondary N) is 2. The minimum absolute atomic E-state index is 0.208. The van der Waals surface area contributed by atoms with E-state index in [0.717, 1.165) is 11.4 Å². The van der Waals surface area contributed by atoms with Crippen molar-refractivity contribution in [3.63, 3.8) is 0 Å². The molecule has 2 aromatic rings. The molecule has 6 nitrogen and oxygen atoms in total. The monoisotopic (exact) mass is 237 g/mol. The number of carbonyl (C=O) groups is 1. The number of H-pyrrole nitrogens is 1. The number of rotatable bonds is 4. The van der Waals surface area contributed by atoms with Crippen LogP contribution in [-0.4, -0.2) is 27.6 Å². The molecule has 4 N–H and O–H groups in total. The van der Waals surface area contributed by atoms with Gasteiger partial charge in [0, 0.05) is 30.6 Å². The fraction of sp³-hybridized carbons (Fsp3) is 0.222. The number of anilines is 1.